The Morgan fingerprint density at radius 2 is 1.40 bits per heavy atom. The minimum atomic E-state index is -1.87. The number of nitrogens with zero attached hydrogens (tertiary/aromatic N) is 2. The zero-order valence-corrected chi connectivity index (χ0v) is 30.0. The number of para-hydroxylation sites is 1. The molecule has 11 nitrogen and oxygen atoms in total. The highest BCUT2D eigenvalue weighted by atomic mass is 16.6. The van der Waals surface area contributed by atoms with Crippen LogP contribution in [0, 0.1) is 5.92 Å². The number of benzene rings is 5. The van der Waals surface area contributed by atoms with Crippen molar-refractivity contribution in [3.8, 4) is 5.75 Å². The average Bonchev–Trinajstić information content (AvgIpc) is 3.68. The zero-order valence-electron chi connectivity index (χ0n) is 30.0. The maximum atomic E-state index is 15.7. The lowest BCUT2D eigenvalue weighted by Crippen LogP contribution is -2.55. The Labute approximate surface area is 318 Å². The topological polar surface area (TPSA) is 151 Å². The van der Waals surface area contributed by atoms with Crippen molar-refractivity contribution < 1.29 is 33.8 Å². The van der Waals surface area contributed by atoms with Gasteiger partial charge in [0.25, 0.3) is 0 Å². The van der Waals surface area contributed by atoms with Gasteiger partial charge in [0.15, 0.2) is 0 Å². The first-order valence-corrected chi connectivity index (χ1v) is 18.3. The van der Waals surface area contributed by atoms with E-state index in [-0.39, 0.29) is 18.9 Å². The summed E-state index contributed by atoms with van der Waals surface area (Å²) in [6.07, 6.45) is -0.844. The minimum absolute atomic E-state index is 0.0721. The van der Waals surface area contributed by atoms with Crippen LogP contribution in [-0.2, 0) is 24.5 Å². The van der Waals surface area contributed by atoms with Crippen molar-refractivity contribution in [2.24, 2.45) is 11.7 Å². The Hall–Kier alpha value is -6.30. The number of cyclic esters (lactones) is 1. The number of anilines is 1. The number of hydrogen-bond donors (Lipinski definition) is 3. The third kappa shape index (κ3) is 5.83. The SMILES string of the molecule is C[C@@H](NC(=O)N1C(=O)[C@@]2(c3ccccc31)[C@H](C(N)=O)[C@H]1C(=O)O[C@H](c3ccccc3)[C@H](c3ccccc3)N1[C@@H]2c1ccc(OCCO)cc1)c1ccccc1. The molecule has 0 bridgehead atoms. The summed E-state index contributed by atoms with van der Waals surface area (Å²) in [7, 11) is 0. The van der Waals surface area contributed by atoms with E-state index < -0.39 is 65.4 Å². The van der Waals surface area contributed by atoms with Gasteiger partial charge < -0.3 is 25.6 Å². The van der Waals surface area contributed by atoms with Crippen LogP contribution in [0.3, 0.4) is 0 Å². The number of urea groups is 1. The van der Waals surface area contributed by atoms with Crippen LogP contribution < -0.4 is 20.7 Å². The van der Waals surface area contributed by atoms with Gasteiger partial charge in [0, 0.05) is 0 Å². The van der Waals surface area contributed by atoms with E-state index in [4.69, 9.17) is 15.2 Å². The highest BCUT2D eigenvalue weighted by molar-refractivity contribution is 6.24. The van der Waals surface area contributed by atoms with Crippen LogP contribution in [0.15, 0.2) is 140 Å². The molecule has 0 saturated carbocycles. The van der Waals surface area contributed by atoms with Gasteiger partial charge in [-0.2, -0.15) is 0 Å². The average molecular weight is 737 g/mol. The summed E-state index contributed by atoms with van der Waals surface area (Å²) in [6.45, 7) is 1.71. The van der Waals surface area contributed by atoms with Crippen LogP contribution in [-0.4, -0.2) is 53.1 Å². The predicted molar refractivity (Wildman–Crippen MR) is 204 cm³/mol. The number of aliphatic hydroxyl groups excluding tert-OH is 1. The first-order valence-electron chi connectivity index (χ1n) is 18.3. The second-order valence-corrected chi connectivity index (χ2v) is 14.0. The van der Waals surface area contributed by atoms with Crippen LogP contribution in [0.5, 0.6) is 5.75 Å². The molecule has 55 heavy (non-hydrogen) atoms. The Bertz CT molecular complexity index is 2220. The Morgan fingerprint density at radius 3 is 2.04 bits per heavy atom. The molecule has 1 spiro atoms. The lowest BCUT2D eigenvalue weighted by Gasteiger charge is -2.46. The van der Waals surface area contributed by atoms with E-state index >= 15 is 4.79 Å². The molecular formula is C44H40N4O7. The Morgan fingerprint density at radius 1 is 0.800 bits per heavy atom. The van der Waals surface area contributed by atoms with Crippen LogP contribution in [0.2, 0.25) is 0 Å². The normalized spacial score (nSPS) is 24.8. The predicted octanol–water partition coefficient (Wildman–Crippen LogP) is 5.68. The van der Waals surface area contributed by atoms with Crippen molar-refractivity contribution in [3.63, 3.8) is 0 Å². The fourth-order valence-corrected chi connectivity index (χ4v) is 8.88. The molecule has 0 radical (unpaired) electrons. The smallest absolute Gasteiger partial charge is 0.329 e. The fourth-order valence-electron chi connectivity index (χ4n) is 8.88. The maximum absolute atomic E-state index is 15.7. The summed E-state index contributed by atoms with van der Waals surface area (Å²) in [6, 6.07) is 37.9. The van der Waals surface area contributed by atoms with E-state index in [1.807, 2.05) is 103 Å². The number of esters is 1. The maximum Gasteiger partial charge on any atom is 0.329 e. The molecule has 5 aromatic carbocycles. The third-order valence-electron chi connectivity index (χ3n) is 11.1. The second kappa shape index (κ2) is 14.5. The molecule has 278 valence electrons. The largest absolute Gasteiger partial charge is 0.491 e. The molecular weight excluding hydrogens is 697 g/mol. The fraction of sp³-hybridized carbons (Fsp3) is 0.227. The number of nitrogens with two attached hydrogens (primary N) is 1. The molecule has 3 aliphatic heterocycles. The number of carbonyl (C=O) groups is 4. The van der Waals surface area contributed by atoms with Gasteiger partial charge in [-0.25, -0.2) is 9.69 Å². The van der Waals surface area contributed by atoms with Crippen molar-refractivity contribution in [1.82, 2.24) is 10.2 Å². The van der Waals surface area contributed by atoms with E-state index in [1.54, 1.807) is 48.5 Å². The van der Waals surface area contributed by atoms with Crippen LogP contribution in [0.25, 0.3) is 0 Å². The van der Waals surface area contributed by atoms with Crippen molar-refractivity contribution in [3.05, 3.63) is 167 Å². The molecule has 4 N–H and O–H groups in total. The monoisotopic (exact) mass is 736 g/mol. The number of imide groups is 1. The molecule has 8 rings (SSSR count). The van der Waals surface area contributed by atoms with Crippen LogP contribution in [0.4, 0.5) is 10.5 Å². The van der Waals surface area contributed by atoms with Crippen molar-refractivity contribution in [2.45, 2.75) is 42.6 Å². The molecule has 2 fully saturated rings. The van der Waals surface area contributed by atoms with E-state index in [1.165, 1.54) is 0 Å². The lowest BCUT2D eigenvalue weighted by atomic mass is 9.65. The quantitative estimate of drug-likeness (QED) is 0.164. The molecule has 0 unspecified atom stereocenters. The molecule has 3 heterocycles. The van der Waals surface area contributed by atoms with E-state index in [0.717, 1.165) is 21.6 Å². The highest BCUT2D eigenvalue weighted by Crippen LogP contribution is 2.65. The summed E-state index contributed by atoms with van der Waals surface area (Å²) < 4.78 is 12.0. The number of amides is 4. The molecule has 0 aliphatic carbocycles. The zero-order chi connectivity index (χ0) is 38.3. The number of fused-ring (bicyclic) bond motifs is 3. The van der Waals surface area contributed by atoms with Gasteiger partial charge in [-0.05, 0) is 52.9 Å². The molecule has 0 aromatic heterocycles. The summed E-state index contributed by atoms with van der Waals surface area (Å²) in [5.74, 6) is -3.27. The van der Waals surface area contributed by atoms with Gasteiger partial charge in [0.05, 0.1) is 36.3 Å². The first-order chi connectivity index (χ1) is 26.8. The standard InChI is InChI=1S/C44H40N4O7/c1-27(28-13-5-2-6-14-28)46-43(53)47-34-20-12-11-19-33(34)44(42(47)52)35(40(45)50)37-41(51)55-38(30-17-9-4-10-18-30)36(29-15-7-3-8-16-29)48(37)39(44)31-21-23-32(24-22-31)54-26-25-49/h2-24,27,35-39,49H,25-26H2,1H3,(H2,45,50)(H,46,53)/t27-,35+,36+,37+,38-,39-,44+/m1/s1. The summed E-state index contributed by atoms with van der Waals surface area (Å²) in [4.78, 5) is 62.0. The summed E-state index contributed by atoms with van der Waals surface area (Å²) in [5, 5.41) is 12.4. The van der Waals surface area contributed by atoms with Gasteiger partial charge in [-0.3, -0.25) is 19.3 Å². The van der Waals surface area contributed by atoms with Crippen molar-refractivity contribution in [1.29, 1.82) is 0 Å². The van der Waals surface area contributed by atoms with Crippen LogP contribution in [0.1, 0.15) is 59.0 Å². The van der Waals surface area contributed by atoms with Gasteiger partial charge in [0.2, 0.25) is 11.8 Å². The summed E-state index contributed by atoms with van der Waals surface area (Å²) in [5.41, 5.74) is 8.11. The van der Waals surface area contributed by atoms with Crippen molar-refractivity contribution in [2.75, 3.05) is 18.1 Å². The number of rotatable bonds is 9. The number of hydrogen-bond acceptors (Lipinski definition) is 8. The molecule has 3 aliphatic rings. The van der Waals surface area contributed by atoms with E-state index in [2.05, 4.69) is 5.32 Å². The number of primary amides is 1. The lowest BCUT2D eigenvalue weighted by molar-refractivity contribution is -0.178. The molecule has 11 heteroatoms. The molecule has 7 atom stereocenters. The summed E-state index contributed by atoms with van der Waals surface area (Å²) >= 11 is 0. The highest BCUT2D eigenvalue weighted by Gasteiger charge is 2.75. The van der Waals surface area contributed by atoms with Crippen LogP contribution >= 0.6 is 0 Å². The number of carbonyl (C=O) groups excluding carboxylic acids is 4. The second-order valence-electron chi connectivity index (χ2n) is 14.0. The van der Waals surface area contributed by atoms with E-state index in [9.17, 15) is 19.5 Å². The van der Waals surface area contributed by atoms with Gasteiger partial charge >= 0.3 is 12.0 Å². The third-order valence-corrected chi connectivity index (χ3v) is 11.1. The number of morpholine rings is 1. The first kappa shape index (κ1) is 35.7. The number of nitrogens with one attached hydrogen (secondary N) is 1. The van der Waals surface area contributed by atoms with E-state index in [0.29, 0.717) is 16.9 Å². The molecule has 5 aromatic rings. The van der Waals surface area contributed by atoms with Gasteiger partial charge in [0.1, 0.15) is 29.9 Å². The number of ether oxygens (including phenoxy) is 2. The Balaban J connectivity index is 1.37. The molecule has 2 saturated heterocycles. The minimum Gasteiger partial charge on any atom is -0.491 e. The van der Waals surface area contributed by atoms with Gasteiger partial charge in [-0.15, -0.1) is 0 Å². The Kier molecular flexibility index (Phi) is 9.42. The van der Waals surface area contributed by atoms with Crippen molar-refractivity contribution >= 4 is 29.5 Å². The van der Waals surface area contributed by atoms with Gasteiger partial charge in [-0.1, -0.05) is 121 Å². The molecule has 4 amide bonds. The number of aliphatic hydroxyl groups is 1.